The molecule has 1 aromatic rings. The van der Waals surface area contributed by atoms with Gasteiger partial charge >= 0.3 is 0 Å². The van der Waals surface area contributed by atoms with Gasteiger partial charge in [-0.05, 0) is 37.3 Å². The fourth-order valence-corrected chi connectivity index (χ4v) is 2.27. The lowest BCUT2D eigenvalue weighted by Crippen LogP contribution is -2.24. The minimum atomic E-state index is 0.152. The number of nitrogens with two attached hydrogens (primary N) is 1. The van der Waals surface area contributed by atoms with E-state index in [9.17, 15) is 0 Å². The SMILES string of the molecule is COc1ccccc1CC(N)C1=CCCC1. The van der Waals surface area contributed by atoms with E-state index in [-0.39, 0.29) is 6.04 Å². The van der Waals surface area contributed by atoms with Gasteiger partial charge in [0.05, 0.1) is 7.11 Å². The van der Waals surface area contributed by atoms with E-state index in [0.717, 1.165) is 18.6 Å². The molecule has 16 heavy (non-hydrogen) atoms. The Balaban J connectivity index is 2.08. The first-order valence-electron chi connectivity index (χ1n) is 5.87. The second-order valence-corrected chi connectivity index (χ2v) is 4.29. The molecule has 0 fully saturated rings. The standard InChI is InChI=1S/C14H19NO/c1-16-14-9-5-4-8-12(14)10-13(15)11-6-2-3-7-11/h4-6,8-9,13H,2-3,7,10,15H2,1H3. The first-order valence-corrected chi connectivity index (χ1v) is 5.87. The van der Waals surface area contributed by atoms with Crippen molar-refractivity contribution >= 4 is 0 Å². The Kier molecular flexibility index (Phi) is 3.62. The third kappa shape index (κ3) is 2.45. The van der Waals surface area contributed by atoms with Gasteiger partial charge < -0.3 is 10.5 Å². The molecule has 1 aromatic carbocycles. The summed E-state index contributed by atoms with van der Waals surface area (Å²) in [6.45, 7) is 0. The molecule has 0 aromatic heterocycles. The zero-order valence-electron chi connectivity index (χ0n) is 9.78. The van der Waals surface area contributed by atoms with Crippen LogP contribution in [0.15, 0.2) is 35.9 Å². The van der Waals surface area contributed by atoms with Crippen molar-refractivity contribution in [2.24, 2.45) is 5.73 Å². The second-order valence-electron chi connectivity index (χ2n) is 4.29. The largest absolute Gasteiger partial charge is 0.496 e. The maximum absolute atomic E-state index is 6.21. The molecule has 1 atom stereocenters. The van der Waals surface area contributed by atoms with E-state index in [1.807, 2.05) is 18.2 Å². The Bertz CT molecular complexity index is 384. The topological polar surface area (TPSA) is 35.2 Å². The summed E-state index contributed by atoms with van der Waals surface area (Å²) in [4.78, 5) is 0. The van der Waals surface area contributed by atoms with Crippen LogP contribution in [0, 0.1) is 0 Å². The van der Waals surface area contributed by atoms with E-state index in [1.54, 1.807) is 7.11 Å². The molecule has 0 saturated heterocycles. The summed E-state index contributed by atoms with van der Waals surface area (Å²) in [6.07, 6.45) is 6.77. The Morgan fingerprint density at radius 1 is 1.38 bits per heavy atom. The lowest BCUT2D eigenvalue weighted by molar-refractivity contribution is 0.408. The number of allylic oxidation sites excluding steroid dienone is 1. The molecule has 0 aliphatic heterocycles. The van der Waals surface area contributed by atoms with Gasteiger partial charge in [-0.25, -0.2) is 0 Å². The molecule has 0 heterocycles. The molecule has 1 aliphatic rings. The lowest BCUT2D eigenvalue weighted by atomic mass is 9.99. The van der Waals surface area contributed by atoms with Crippen LogP contribution in [0.25, 0.3) is 0 Å². The summed E-state index contributed by atoms with van der Waals surface area (Å²) in [5, 5.41) is 0. The molecule has 0 amide bonds. The van der Waals surface area contributed by atoms with Crippen LogP contribution < -0.4 is 10.5 Å². The molecule has 2 N–H and O–H groups in total. The number of para-hydroxylation sites is 1. The zero-order chi connectivity index (χ0) is 11.4. The predicted molar refractivity (Wildman–Crippen MR) is 66.6 cm³/mol. The highest BCUT2D eigenvalue weighted by Gasteiger charge is 2.15. The number of hydrogen-bond acceptors (Lipinski definition) is 2. The number of ether oxygens (including phenoxy) is 1. The average molecular weight is 217 g/mol. The zero-order valence-corrected chi connectivity index (χ0v) is 9.78. The Hall–Kier alpha value is -1.28. The van der Waals surface area contributed by atoms with Crippen LogP contribution in [0.4, 0.5) is 0 Å². The Morgan fingerprint density at radius 2 is 2.19 bits per heavy atom. The van der Waals surface area contributed by atoms with Crippen LogP contribution in [0.3, 0.4) is 0 Å². The predicted octanol–water partition coefficient (Wildman–Crippen LogP) is 2.68. The lowest BCUT2D eigenvalue weighted by Gasteiger charge is -2.15. The van der Waals surface area contributed by atoms with Gasteiger partial charge in [0.1, 0.15) is 5.75 Å². The van der Waals surface area contributed by atoms with E-state index < -0.39 is 0 Å². The van der Waals surface area contributed by atoms with Gasteiger partial charge in [-0.15, -0.1) is 0 Å². The van der Waals surface area contributed by atoms with Crippen LogP contribution in [-0.4, -0.2) is 13.2 Å². The highest BCUT2D eigenvalue weighted by molar-refractivity contribution is 5.35. The molecule has 1 unspecified atom stereocenters. The number of benzene rings is 1. The quantitative estimate of drug-likeness (QED) is 0.787. The van der Waals surface area contributed by atoms with E-state index in [4.69, 9.17) is 10.5 Å². The van der Waals surface area contributed by atoms with Crippen molar-refractivity contribution in [3.63, 3.8) is 0 Å². The normalized spacial score (nSPS) is 17.0. The van der Waals surface area contributed by atoms with E-state index in [0.29, 0.717) is 0 Å². The highest BCUT2D eigenvalue weighted by atomic mass is 16.5. The van der Waals surface area contributed by atoms with Crippen LogP contribution in [-0.2, 0) is 6.42 Å². The minimum absolute atomic E-state index is 0.152. The highest BCUT2D eigenvalue weighted by Crippen LogP contribution is 2.25. The third-order valence-electron chi connectivity index (χ3n) is 3.18. The molecule has 86 valence electrons. The van der Waals surface area contributed by atoms with Gasteiger partial charge in [0, 0.05) is 6.04 Å². The molecule has 0 spiro atoms. The van der Waals surface area contributed by atoms with Gasteiger partial charge in [-0.3, -0.25) is 0 Å². The van der Waals surface area contributed by atoms with Crippen LogP contribution >= 0.6 is 0 Å². The van der Waals surface area contributed by atoms with Crippen LogP contribution in [0.5, 0.6) is 5.75 Å². The summed E-state index contributed by atoms with van der Waals surface area (Å²) < 4.78 is 5.33. The summed E-state index contributed by atoms with van der Waals surface area (Å²) in [5.74, 6) is 0.941. The molecule has 1 aliphatic carbocycles. The first kappa shape index (κ1) is 11.2. The molecular formula is C14H19NO. The maximum atomic E-state index is 6.21. The van der Waals surface area contributed by atoms with Crippen molar-refractivity contribution in [1.82, 2.24) is 0 Å². The summed E-state index contributed by atoms with van der Waals surface area (Å²) in [7, 11) is 1.71. The van der Waals surface area contributed by atoms with Gasteiger partial charge in [-0.2, -0.15) is 0 Å². The molecule has 0 radical (unpaired) electrons. The molecule has 2 rings (SSSR count). The summed E-state index contributed by atoms with van der Waals surface area (Å²) in [6, 6.07) is 8.26. The van der Waals surface area contributed by atoms with E-state index in [1.165, 1.54) is 24.0 Å². The van der Waals surface area contributed by atoms with E-state index in [2.05, 4.69) is 12.1 Å². The van der Waals surface area contributed by atoms with Crippen molar-refractivity contribution in [2.45, 2.75) is 31.7 Å². The Morgan fingerprint density at radius 3 is 2.88 bits per heavy atom. The monoisotopic (exact) mass is 217 g/mol. The van der Waals surface area contributed by atoms with Gasteiger partial charge in [-0.1, -0.05) is 29.8 Å². The first-order chi connectivity index (χ1) is 7.81. The Labute approximate surface area is 97.1 Å². The van der Waals surface area contributed by atoms with Crippen LogP contribution in [0.1, 0.15) is 24.8 Å². The fraction of sp³-hybridized carbons (Fsp3) is 0.429. The van der Waals surface area contributed by atoms with Crippen molar-refractivity contribution in [1.29, 1.82) is 0 Å². The average Bonchev–Trinajstić information content (AvgIpc) is 2.83. The van der Waals surface area contributed by atoms with Crippen molar-refractivity contribution in [3.8, 4) is 5.75 Å². The molecule has 0 saturated carbocycles. The number of methoxy groups -OCH3 is 1. The second kappa shape index (κ2) is 5.17. The maximum Gasteiger partial charge on any atom is 0.122 e. The van der Waals surface area contributed by atoms with E-state index >= 15 is 0 Å². The molecule has 2 nitrogen and oxygen atoms in total. The molecular weight excluding hydrogens is 198 g/mol. The van der Waals surface area contributed by atoms with Crippen LogP contribution in [0.2, 0.25) is 0 Å². The van der Waals surface area contributed by atoms with Gasteiger partial charge in [0.2, 0.25) is 0 Å². The third-order valence-corrected chi connectivity index (χ3v) is 3.18. The van der Waals surface area contributed by atoms with Crippen molar-refractivity contribution in [2.75, 3.05) is 7.11 Å². The molecule has 2 heteroatoms. The fourth-order valence-electron chi connectivity index (χ4n) is 2.27. The smallest absolute Gasteiger partial charge is 0.122 e. The minimum Gasteiger partial charge on any atom is -0.496 e. The summed E-state index contributed by atoms with van der Waals surface area (Å²) in [5.41, 5.74) is 8.82. The summed E-state index contributed by atoms with van der Waals surface area (Å²) >= 11 is 0. The molecule has 0 bridgehead atoms. The van der Waals surface area contributed by atoms with Gasteiger partial charge in [0.15, 0.2) is 0 Å². The number of hydrogen-bond donors (Lipinski definition) is 1. The number of rotatable bonds is 4. The van der Waals surface area contributed by atoms with Crippen molar-refractivity contribution < 1.29 is 4.74 Å². The van der Waals surface area contributed by atoms with Gasteiger partial charge in [0.25, 0.3) is 0 Å². The van der Waals surface area contributed by atoms with Crippen molar-refractivity contribution in [3.05, 3.63) is 41.5 Å².